The molecule has 0 saturated carbocycles. The molecule has 9 heteroatoms. The number of aromatic nitrogens is 2. The minimum atomic E-state index is -2.70. The van der Waals surface area contributed by atoms with Crippen LogP contribution in [0.1, 0.15) is 46.5 Å². The lowest BCUT2D eigenvalue weighted by Gasteiger charge is -2.31. The third-order valence-electron chi connectivity index (χ3n) is 6.83. The first-order chi connectivity index (χ1) is 18.7. The molecule has 0 aliphatic carbocycles. The number of ketones is 1. The molecule has 1 amide bonds. The number of amides is 1. The van der Waals surface area contributed by atoms with Crippen molar-refractivity contribution in [1.82, 2.24) is 14.9 Å². The number of benzene rings is 1. The molecule has 4 aromatic rings. The van der Waals surface area contributed by atoms with E-state index in [1.54, 1.807) is 36.5 Å². The number of halogens is 2. The van der Waals surface area contributed by atoms with E-state index >= 15 is 0 Å². The van der Waals surface area contributed by atoms with Crippen LogP contribution in [0.25, 0.3) is 28.3 Å². The second kappa shape index (κ2) is 10.8. The third kappa shape index (κ3) is 6.19. The van der Waals surface area contributed by atoms with E-state index in [1.165, 1.54) is 17.2 Å². The van der Waals surface area contributed by atoms with Gasteiger partial charge in [0.25, 0.3) is 11.8 Å². The Morgan fingerprint density at radius 3 is 2.56 bits per heavy atom. The molecular weight excluding hydrogens is 502 g/mol. The van der Waals surface area contributed by atoms with Crippen molar-refractivity contribution in [2.24, 2.45) is 0 Å². The molecule has 39 heavy (non-hydrogen) atoms. The maximum atomic E-state index is 13.4. The van der Waals surface area contributed by atoms with Crippen molar-refractivity contribution in [3.05, 3.63) is 83.4 Å². The second-order valence-corrected chi connectivity index (χ2v) is 9.82. The number of aryl methyl sites for hydroxylation is 2. The van der Waals surface area contributed by atoms with E-state index in [4.69, 9.17) is 10.2 Å². The van der Waals surface area contributed by atoms with Crippen molar-refractivity contribution in [2.45, 2.75) is 38.5 Å². The number of anilines is 1. The number of allylic oxidation sites excluding steroid dienone is 1. The van der Waals surface area contributed by atoms with Crippen LogP contribution in [0, 0.1) is 6.92 Å². The van der Waals surface area contributed by atoms with Gasteiger partial charge in [-0.05, 0) is 72.7 Å². The molecule has 5 rings (SSSR count). The first-order valence-corrected chi connectivity index (χ1v) is 12.8. The van der Waals surface area contributed by atoms with Crippen molar-refractivity contribution in [3.8, 4) is 11.3 Å². The number of nitrogens with two attached hydrogens (primary N) is 1. The Kier molecular flexibility index (Phi) is 7.24. The van der Waals surface area contributed by atoms with Crippen LogP contribution < -0.4 is 5.73 Å². The number of furan rings is 1. The van der Waals surface area contributed by atoms with E-state index in [0.29, 0.717) is 35.7 Å². The lowest BCUT2D eigenvalue weighted by atomic mass is 10.0. The first kappa shape index (κ1) is 26.2. The fourth-order valence-electron chi connectivity index (χ4n) is 4.60. The molecule has 1 aliphatic rings. The van der Waals surface area contributed by atoms with Gasteiger partial charge in [0.05, 0.1) is 11.3 Å². The zero-order chi connectivity index (χ0) is 27.6. The van der Waals surface area contributed by atoms with Gasteiger partial charge < -0.3 is 15.1 Å². The molecular formula is C30H28F2N4O3. The average molecular weight is 531 g/mol. The summed E-state index contributed by atoms with van der Waals surface area (Å²) in [7, 11) is 0. The molecule has 0 atom stereocenters. The smallest absolute Gasteiger partial charge is 0.255 e. The highest BCUT2D eigenvalue weighted by Gasteiger charge is 2.35. The van der Waals surface area contributed by atoms with Crippen LogP contribution in [0.4, 0.5) is 14.6 Å². The Labute approximate surface area is 224 Å². The Bertz CT molecular complexity index is 1530. The van der Waals surface area contributed by atoms with Gasteiger partial charge >= 0.3 is 0 Å². The molecule has 7 nitrogen and oxygen atoms in total. The van der Waals surface area contributed by atoms with Crippen LogP contribution in [0.2, 0.25) is 0 Å². The molecule has 1 fully saturated rings. The Hall–Kier alpha value is -4.40. The van der Waals surface area contributed by atoms with Crippen molar-refractivity contribution in [2.75, 3.05) is 18.8 Å². The molecule has 0 unspecified atom stereocenters. The largest absolute Gasteiger partial charge is 0.461 e. The van der Waals surface area contributed by atoms with Gasteiger partial charge in [0, 0.05) is 62.1 Å². The Morgan fingerprint density at radius 2 is 1.87 bits per heavy atom. The zero-order valence-electron chi connectivity index (χ0n) is 21.5. The first-order valence-electron chi connectivity index (χ1n) is 12.8. The SMILES string of the molecule is Cc1cc(-c2ccc(C(=O)N3CCC(F)(F)CC3)cn2)cc2cc(CCC(=O)/C=C/c3ccc(N)nc3)oc12. The van der Waals surface area contributed by atoms with Gasteiger partial charge in [-0.25, -0.2) is 13.8 Å². The number of likely N-dealkylation sites (tertiary alicyclic amines) is 1. The van der Waals surface area contributed by atoms with Gasteiger partial charge in [0.1, 0.15) is 17.2 Å². The van der Waals surface area contributed by atoms with Gasteiger partial charge in [-0.1, -0.05) is 0 Å². The number of hydrogen-bond donors (Lipinski definition) is 1. The number of carbonyl (C=O) groups is 2. The number of pyridine rings is 2. The predicted molar refractivity (Wildman–Crippen MR) is 145 cm³/mol. The van der Waals surface area contributed by atoms with E-state index in [0.717, 1.165) is 27.7 Å². The fourth-order valence-corrected chi connectivity index (χ4v) is 4.60. The molecule has 1 saturated heterocycles. The minimum absolute atomic E-state index is 0.0261. The summed E-state index contributed by atoms with van der Waals surface area (Å²) in [5.74, 6) is -1.88. The molecule has 2 N–H and O–H groups in total. The molecule has 0 bridgehead atoms. The van der Waals surface area contributed by atoms with Crippen molar-refractivity contribution in [1.29, 1.82) is 0 Å². The van der Waals surface area contributed by atoms with Gasteiger partial charge in [0.15, 0.2) is 5.78 Å². The second-order valence-electron chi connectivity index (χ2n) is 9.82. The van der Waals surface area contributed by atoms with Crippen LogP contribution in [-0.4, -0.2) is 45.6 Å². The number of hydrogen-bond acceptors (Lipinski definition) is 6. The van der Waals surface area contributed by atoms with Gasteiger partial charge in [-0.3, -0.25) is 14.6 Å². The van der Waals surface area contributed by atoms with Crippen molar-refractivity contribution in [3.63, 3.8) is 0 Å². The summed E-state index contributed by atoms with van der Waals surface area (Å²) < 4.78 is 32.9. The van der Waals surface area contributed by atoms with Gasteiger partial charge in [-0.15, -0.1) is 0 Å². The van der Waals surface area contributed by atoms with E-state index in [1.807, 2.05) is 25.1 Å². The fraction of sp³-hybridized carbons (Fsp3) is 0.267. The van der Waals surface area contributed by atoms with E-state index in [9.17, 15) is 18.4 Å². The number of nitrogens with zero attached hydrogens (tertiary/aromatic N) is 3. The topological polar surface area (TPSA) is 102 Å². The number of carbonyl (C=O) groups excluding carboxylic acids is 2. The van der Waals surface area contributed by atoms with Crippen LogP contribution >= 0.6 is 0 Å². The van der Waals surface area contributed by atoms with Crippen LogP contribution in [0.3, 0.4) is 0 Å². The maximum absolute atomic E-state index is 13.4. The number of alkyl halides is 2. The quantitative estimate of drug-likeness (QED) is 0.300. The summed E-state index contributed by atoms with van der Waals surface area (Å²) in [6.45, 7) is 2.01. The van der Waals surface area contributed by atoms with Gasteiger partial charge in [0.2, 0.25) is 0 Å². The summed E-state index contributed by atoms with van der Waals surface area (Å²) >= 11 is 0. The lowest BCUT2D eigenvalue weighted by Crippen LogP contribution is -2.42. The van der Waals surface area contributed by atoms with Crippen molar-refractivity contribution < 1.29 is 22.8 Å². The predicted octanol–water partition coefficient (Wildman–Crippen LogP) is 5.87. The highest BCUT2D eigenvalue weighted by atomic mass is 19.3. The summed E-state index contributed by atoms with van der Waals surface area (Å²) in [4.78, 5) is 35.0. The highest BCUT2D eigenvalue weighted by Crippen LogP contribution is 2.31. The number of nitrogen functional groups attached to an aromatic ring is 1. The summed E-state index contributed by atoms with van der Waals surface area (Å²) in [5, 5.41) is 0.895. The average Bonchev–Trinajstić information content (AvgIpc) is 3.35. The molecule has 200 valence electrons. The molecule has 0 radical (unpaired) electrons. The number of rotatable bonds is 7. The molecule has 3 aromatic heterocycles. The summed E-state index contributed by atoms with van der Waals surface area (Å²) in [5.41, 5.74) is 9.97. The molecule has 1 aliphatic heterocycles. The Morgan fingerprint density at radius 1 is 1.08 bits per heavy atom. The number of piperidine rings is 1. The van der Waals surface area contributed by atoms with Crippen LogP contribution in [-0.2, 0) is 11.2 Å². The highest BCUT2D eigenvalue weighted by molar-refractivity contribution is 5.95. The normalized spacial score (nSPS) is 15.2. The summed E-state index contributed by atoms with van der Waals surface area (Å²) in [6.07, 6.45) is 6.47. The zero-order valence-corrected chi connectivity index (χ0v) is 21.5. The molecule has 0 spiro atoms. The Balaban J connectivity index is 1.24. The number of fused-ring (bicyclic) bond motifs is 1. The van der Waals surface area contributed by atoms with Crippen LogP contribution in [0.5, 0.6) is 0 Å². The minimum Gasteiger partial charge on any atom is -0.461 e. The van der Waals surface area contributed by atoms with E-state index in [-0.39, 0.29) is 37.6 Å². The van der Waals surface area contributed by atoms with Gasteiger partial charge in [-0.2, -0.15) is 0 Å². The van der Waals surface area contributed by atoms with Crippen LogP contribution in [0.15, 0.2) is 65.4 Å². The molecule has 4 heterocycles. The monoisotopic (exact) mass is 530 g/mol. The van der Waals surface area contributed by atoms with E-state index < -0.39 is 5.92 Å². The molecule has 1 aromatic carbocycles. The maximum Gasteiger partial charge on any atom is 0.255 e. The third-order valence-corrected chi connectivity index (χ3v) is 6.83. The standard InChI is InChI=1S/C30H28F2N4O3/c1-19-14-22(26-8-4-21(18-34-26)29(38)36-12-10-30(31,32)11-13-36)15-23-16-25(39-28(19)23)7-6-24(37)5-2-20-3-9-27(33)35-17-20/h2-5,8-9,14-18H,6-7,10-13H2,1H3,(H2,33,35)/b5-2+. The van der Waals surface area contributed by atoms with Crippen molar-refractivity contribution >= 4 is 34.6 Å². The van der Waals surface area contributed by atoms with E-state index in [2.05, 4.69) is 9.97 Å². The lowest BCUT2D eigenvalue weighted by molar-refractivity contribution is -0.114. The summed E-state index contributed by atoms with van der Waals surface area (Å²) in [6, 6.07) is 12.8.